The van der Waals surface area contributed by atoms with E-state index in [4.69, 9.17) is 20.8 Å². The third-order valence-electron chi connectivity index (χ3n) is 3.73. The third-order valence-corrected chi connectivity index (χ3v) is 4.03. The molecule has 1 amide bonds. The quantitative estimate of drug-likeness (QED) is 0.514. The zero-order valence-electron chi connectivity index (χ0n) is 13.8. The number of furan rings is 1. The zero-order chi connectivity index (χ0) is 18.7. The van der Waals surface area contributed by atoms with Gasteiger partial charge in [0.1, 0.15) is 17.1 Å². The molecule has 0 aliphatic heterocycles. The fourth-order valence-electron chi connectivity index (χ4n) is 2.43. The number of fused-ring (bicyclic) bond motifs is 1. The van der Waals surface area contributed by atoms with E-state index >= 15 is 0 Å². The number of benzene rings is 2. The lowest BCUT2D eigenvalue weighted by atomic mass is 10.2. The summed E-state index contributed by atoms with van der Waals surface area (Å²) in [5.41, 5.74) is 0.600. The Bertz CT molecular complexity index is 936. The lowest BCUT2D eigenvalue weighted by Gasteiger charge is -2.12. The van der Waals surface area contributed by atoms with Crippen LogP contribution in [-0.2, 0) is 4.79 Å². The number of rotatable bonds is 6. The van der Waals surface area contributed by atoms with Crippen LogP contribution in [-0.4, -0.2) is 17.4 Å². The molecule has 0 saturated heterocycles. The number of nitrogens with zero attached hydrogens (tertiary/aromatic N) is 1. The standard InChI is InChI=1S/C18H15ClN2O5/c1-11(17-8-12-4-2-3-5-15(12)26-17)20-18(22)10-25-16-7-6-13(21(23)24)9-14(16)19/h2-9,11H,10H2,1H3,(H,20,22)/t11-/m1/s1. The number of para-hydroxylation sites is 1. The normalized spacial score (nSPS) is 11.9. The molecule has 0 aliphatic carbocycles. The Hall–Kier alpha value is -3.06. The van der Waals surface area contributed by atoms with Crippen LogP contribution >= 0.6 is 11.6 Å². The SMILES string of the molecule is C[C@@H](NC(=O)COc1ccc([N+](=O)[O-])cc1Cl)c1cc2ccccc2o1. The summed E-state index contributed by atoms with van der Waals surface area (Å²) < 4.78 is 11.0. The Morgan fingerprint density at radius 2 is 2.08 bits per heavy atom. The van der Waals surface area contributed by atoms with Gasteiger partial charge in [0.2, 0.25) is 0 Å². The fraction of sp³-hybridized carbons (Fsp3) is 0.167. The number of non-ortho nitro benzene ring substituents is 1. The van der Waals surface area contributed by atoms with Crippen molar-refractivity contribution in [3.63, 3.8) is 0 Å². The van der Waals surface area contributed by atoms with Gasteiger partial charge in [-0.25, -0.2) is 0 Å². The van der Waals surface area contributed by atoms with Crippen molar-refractivity contribution in [3.8, 4) is 5.75 Å². The van der Waals surface area contributed by atoms with Gasteiger partial charge in [0, 0.05) is 17.5 Å². The van der Waals surface area contributed by atoms with Gasteiger partial charge in [-0.05, 0) is 25.1 Å². The van der Waals surface area contributed by atoms with E-state index in [1.54, 1.807) is 6.92 Å². The van der Waals surface area contributed by atoms with E-state index in [-0.39, 0.29) is 35.0 Å². The topological polar surface area (TPSA) is 94.6 Å². The number of carbonyl (C=O) groups is 1. The Morgan fingerprint density at radius 1 is 1.31 bits per heavy atom. The first-order valence-corrected chi connectivity index (χ1v) is 8.16. The third kappa shape index (κ3) is 3.94. The maximum atomic E-state index is 12.1. The molecule has 3 aromatic rings. The van der Waals surface area contributed by atoms with Crippen LogP contribution in [0.25, 0.3) is 11.0 Å². The highest BCUT2D eigenvalue weighted by atomic mass is 35.5. The van der Waals surface area contributed by atoms with E-state index in [0.29, 0.717) is 5.76 Å². The van der Waals surface area contributed by atoms with Gasteiger partial charge in [0.15, 0.2) is 6.61 Å². The van der Waals surface area contributed by atoms with E-state index in [1.807, 2.05) is 30.3 Å². The number of hydrogen-bond donors (Lipinski definition) is 1. The van der Waals surface area contributed by atoms with Crippen LogP contribution < -0.4 is 10.1 Å². The van der Waals surface area contributed by atoms with Crippen molar-refractivity contribution in [1.29, 1.82) is 0 Å². The molecule has 0 spiro atoms. The number of nitrogens with one attached hydrogen (secondary N) is 1. The van der Waals surface area contributed by atoms with Crippen molar-refractivity contribution >= 4 is 34.2 Å². The largest absolute Gasteiger partial charge is 0.482 e. The molecule has 3 rings (SSSR count). The van der Waals surface area contributed by atoms with Crippen LogP contribution in [0.5, 0.6) is 5.75 Å². The molecule has 1 atom stereocenters. The van der Waals surface area contributed by atoms with Crippen molar-refractivity contribution in [1.82, 2.24) is 5.32 Å². The summed E-state index contributed by atoms with van der Waals surface area (Å²) in [6.45, 7) is 1.52. The molecule has 0 radical (unpaired) electrons. The zero-order valence-corrected chi connectivity index (χ0v) is 14.5. The molecule has 1 heterocycles. The van der Waals surface area contributed by atoms with Crippen LogP contribution in [0, 0.1) is 10.1 Å². The number of hydrogen-bond acceptors (Lipinski definition) is 5. The van der Waals surface area contributed by atoms with Gasteiger partial charge in [-0.15, -0.1) is 0 Å². The van der Waals surface area contributed by atoms with Gasteiger partial charge < -0.3 is 14.5 Å². The van der Waals surface area contributed by atoms with Gasteiger partial charge in [0.05, 0.1) is 16.0 Å². The second kappa shape index (κ2) is 7.45. The second-order valence-electron chi connectivity index (χ2n) is 5.64. The van der Waals surface area contributed by atoms with Gasteiger partial charge in [-0.3, -0.25) is 14.9 Å². The summed E-state index contributed by atoms with van der Waals surface area (Å²) in [6.07, 6.45) is 0. The maximum absolute atomic E-state index is 12.1. The number of ether oxygens (including phenoxy) is 1. The molecule has 7 nitrogen and oxygen atoms in total. The average Bonchev–Trinajstić information content (AvgIpc) is 3.04. The van der Waals surface area contributed by atoms with Crippen LogP contribution in [0.2, 0.25) is 5.02 Å². The van der Waals surface area contributed by atoms with Crippen LogP contribution in [0.4, 0.5) is 5.69 Å². The lowest BCUT2D eigenvalue weighted by molar-refractivity contribution is -0.384. The van der Waals surface area contributed by atoms with Gasteiger partial charge in [-0.2, -0.15) is 0 Å². The Labute approximate surface area is 153 Å². The second-order valence-corrected chi connectivity index (χ2v) is 6.04. The minimum absolute atomic E-state index is 0.0670. The number of halogens is 1. The summed E-state index contributed by atoms with van der Waals surface area (Å²) in [4.78, 5) is 22.2. The van der Waals surface area contributed by atoms with E-state index in [0.717, 1.165) is 11.0 Å². The smallest absolute Gasteiger partial charge is 0.271 e. The molecule has 0 saturated carbocycles. The minimum Gasteiger partial charge on any atom is -0.482 e. The highest BCUT2D eigenvalue weighted by Crippen LogP contribution is 2.28. The maximum Gasteiger partial charge on any atom is 0.271 e. The fourth-order valence-corrected chi connectivity index (χ4v) is 2.66. The molecule has 0 fully saturated rings. The molecular weight excluding hydrogens is 360 g/mol. The number of nitro groups is 1. The summed E-state index contributed by atoms with van der Waals surface area (Å²) in [5.74, 6) is 0.462. The highest BCUT2D eigenvalue weighted by molar-refractivity contribution is 6.32. The number of nitro benzene ring substituents is 1. The number of carbonyl (C=O) groups excluding carboxylic acids is 1. The van der Waals surface area contributed by atoms with Gasteiger partial charge in [0.25, 0.3) is 11.6 Å². The molecule has 0 aliphatic rings. The molecular formula is C18H15ClN2O5. The molecule has 2 aromatic carbocycles. The molecule has 134 valence electrons. The summed E-state index contributed by atoms with van der Waals surface area (Å²) in [6, 6.07) is 12.9. The molecule has 1 aromatic heterocycles. The van der Waals surface area contributed by atoms with Crippen molar-refractivity contribution in [3.05, 3.63) is 69.4 Å². The minimum atomic E-state index is -0.558. The highest BCUT2D eigenvalue weighted by Gasteiger charge is 2.16. The van der Waals surface area contributed by atoms with E-state index in [2.05, 4.69) is 5.32 Å². The summed E-state index contributed by atoms with van der Waals surface area (Å²) in [7, 11) is 0. The van der Waals surface area contributed by atoms with E-state index in [1.165, 1.54) is 18.2 Å². The first-order valence-electron chi connectivity index (χ1n) is 7.78. The van der Waals surface area contributed by atoms with E-state index in [9.17, 15) is 14.9 Å². The molecule has 26 heavy (non-hydrogen) atoms. The van der Waals surface area contributed by atoms with Crippen LogP contribution in [0.1, 0.15) is 18.7 Å². The van der Waals surface area contributed by atoms with Crippen molar-refractivity contribution in [2.24, 2.45) is 0 Å². The molecule has 1 N–H and O–H groups in total. The Balaban J connectivity index is 1.59. The Kier molecular flexibility index (Phi) is 5.09. The van der Waals surface area contributed by atoms with Gasteiger partial charge in [-0.1, -0.05) is 29.8 Å². The summed E-state index contributed by atoms with van der Waals surface area (Å²) in [5, 5.41) is 14.5. The lowest BCUT2D eigenvalue weighted by Crippen LogP contribution is -2.31. The average molecular weight is 375 g/mol. The van der Waals surface area contributed by atoms with Crippen molar-refractivity contribution in [2.45, 2.75) is 13.0 Å². The first kappa shape index (κ1) is 17.8. The predicted molar refractivity (Wildman–Crippen MR) is 96.4 cm³/mol. The molecule has 0 bridgehead atoms. The molecule has 8 heteroatoms. The summed E-state index contributed by atoms with van der Waals surface area (Å²) >= 11 is 5.93. The molecule has 0 unspecified atom stereocenters. The van der Waals surface area contributed by atoms with E-state index < -0.39 is 4.92 Å². The predicted octanol–water partition coefficient (Wildman–Crippen LogP) is 4.25. The first-order chi connectivity index (χ1) is 12.4. The van der Waals surface area contributed by atoms with Crippen molar-refractivity contribution in [2.75, 3.05) is 6.61 Å². The van der Waals surface area contributed by atoms with Gasteiger partial charge >= 0.3 is 0 Å². The Morgan fingerprint density at radius 3 is 2.77 bits per heavy atom. The van der Waals surface area contributed by atoms with Crippen LogP contribution in [0.3, 0.4) is 0 Å². The monoisotopic (exact) mass is 374 g/mol. The number of amides is 1. The van der Waals surface area contributed by atoms with Crippen LogP contribution in [0.15, 0.2) is 52.9 Å². The van der Waals surface area contributed by atoms with Crippen molar-refractivity contribution < 1.29 is 18.9 Å².